The molecule has 0 aliphatic carbocycles. The van der Waals surface area contributed by atoms with Crippen molar-refractivity contribution >= 4 is 5.91 Å². The molecule has 3 N–H and O–H groups in total. The largest absolute Gasteiger partial charge is 0.354 e. The summed E-state index contributed by atoms with van der Waals surface area (Å²) in [7, 11) is 0. The first kappa shape index (κ1) is 7.50. The summed E-state index contributed by atoms with van der Waals surface area (Å²) in [6.45, 7) is 0.749. The van der Waals surface area contributed by atoms with E-state index in [0.29, 0.717) is 0 Å². The van der Waals surface area contributed by atoms with E-state index in [0.717, 1.165) is 25.8 Å². The Bertz CT molecular complexity index is 127. The lowest BCUT2D eigenvalue weighted by Crippen LogP contribution is -2.36. The van der Waals surface area contributed by atoms with Crippen LogP contribution < -0.4 is 11.2 Å². The highest BCUT2D eigenvalue weighted by molar-refractivity contribution is 5.80. The topological polar surface area (TPSA) is 64.3 Å². The van der Waals surface area contributed by atoms with Crippen LogP contribution >= 0.6 is 0 Å². The fourth-order valence-electron chi connectivity index (χ4n) is 1.04. The number of carbonyl (C=O) groups excluding carboxylic acids is 1. The summed E-state index contributed by atoms with van der Waals surface area (Å²) >= 11 is 0. The van der Waals surface area contributed by atoms with Crippen LogP contribution in [0, 0.1) is 0 Å². The molecule has 0 bridgehead atoms. The van der Waals surface area contributed by atoms with Crippen molar-refractivity contribution in [1.82, 2.24) is 5.32 Å². The fourth-order valence-corrected chi connectivity index (χ4v) is 1.04. The minimum absolute atomic E-state index is 0.0833. The lowest BCUT2D eigenvalue weighted by atomic mass is 10.2. The van der Waals surface area contributed by atoms with Crippen LogP contribution in [0.25, 0.3) is 0 Å². The lowest BCUT2D eigenvalue weighted by Gasteiger charge is -2.08. The molecule has 0 aromatic heterocycles. The normalized spacial score (nSPS) is 27.3. The first-order valence-electron chi connectivity index (χ1n) is 3.48. The summed E-state index contributed by atoms with van der Waals surface area (Å²) in [4.78, 5) is 15.4. The van der Waals surface area contributed by atoms with Crippen LogP contribution in [0.15, 0.2) is 0 Å². The highest BCUT2D eigenvalue weighted by Crippen LogP contribution is 2.06. The third kappa shape index (κ3) is 1.68. The van der Waals surface area contributed by atoms with Crippen molar-refractivity contribution in [2.75, 3.05) is 6.54 Å². The van der Waals surface area contributed by atoms with Crippen molar-refractivity contribution in [1.29, 1.82) is 0 Å². The van der Waals surface area contributed by atoms with Gasteiger partial charge in [-0.3, -0.25) is 9.63 Å². The number of carbonyl (C=O) groups is 1. The summed E-state index contributed by atoms with van der Waals surface area (Å²) in [6, 6.07) is 0. The maximum atomic E-state index is 10.9. The molecule has 1 aliphatic rings. The third-order valence-corrected chi connectivity index (χ3v) is 1.65. The van der Waals surface area contributed by atoms with Crippen LogP contribution in [-0.2, 0) is 9.63 Å². The molecule has 1 saturated heterocycles. The molecule has 1 atom stereocenters. The molecule has 4 nitrogen and oxygen atoms in total. The Balaban J connectivity index is 2.43. The Labute approximate surface area is 59.7 Å². The van der Waals surface area contributed by atoms with E-state index in [4.69, 9.17) is 5.90 Å². The average Bonchev–Trinajstić information content (AvgIpc) is 2.13. The van der Waals surface area contributed by atoms with Crippen LogP contribution in [0.3, 0.4) is 0 Å². The molecule has 10 heavy (non-hydrogen) atoms. The fraction of sp³-hybridized carbons (Fsp3) is 0.833. The molecule has 0 spiro atoms. The van der Waals surface area contributed by atoms with Crippen molar-refractivity contribution in [3.63, 3.8) is 0 Å². The molecular weight excluding hydrogens is 132 g/mol. The standard InChI is InChI=1S/C6H12N2O2/c7-10-5-3-1-2-4-8-6(5)9/h5H,1-4,7H2,(H,8,9). The van der Waals surface area contributed by atoms with Gasteiger partial charge in [0.15, 0.2) is 6.10 Å². The second-order valence-electron chi connectivity index (χ2n) is 2.41. The molecule has 0 radical (unpaired) electrons. The van der Waals surface area contributed by atoms with Gasteiger partial charge in [-0.05, 0) is 19.3 Å². The number of hydrogen-bond donors (Lipinski definition) is 2. The summed E-state index contributed by atoms with van der Waals surface area (Å²) in [6.07, 6.45) is 2.33. The second kappa shape index (κ2) is 3.53. The molecule has 0 aromatic carbocycles. The van der Waals surface area contributed by atoms with Crippen LogP contribution in [0.5, 0.6) is 0 Å². The Hall–Kier alpha value is -0.610. The van der Waals surface area contributed by atoms with Gasteiger partial charge in [-0.25, -0.2) is 5.90 Å². The van der Waals surface area contributed by atoms with Crippen molar-refractivity contribution in [3.8, 4) is 0 Å². The van der Waals surface area contributed by atoms with E-state index in [1.807, 2.05) is 0 Å². The number of amides is 1. The molecule has 1 rings (SSSR count). The van der Waals surface area contributed by atoms with Gasteiger partial charge in [-0.15, -0.1) is 0 Å². The molecule has 58 valence electrons. The van der Waals surface area contributed by atoms with Gasteiger partial charge in [0, 0.05) is 6.54 Å². The molecule has 1 unspecified atom stereocenters. The predicted octanol–water partition coefficient (Wildman–Crippen LogP) is -0.455. The number of nitrogens with one attached hydrogen (secondary N) is 1. The summed E-state index contributed by atoms with van der Waals surface area (Å²) < 4.78 is 0. The van der Waals surface area contributed by atoms with E-state index >= 15 is 0 Å². The van der Waals surface area contributed by atoms with E-state index in [1.165, 1.54) is 0 Å². The van der Waals surface area contributed by atoms with Gasteiger partial charge < -0.3 is 5.32 Å². The summed E-state index contributed by atoms with van der Waals surface area (Å²) in [5.41, 5.74) is 0. The predicted molar refractivity (Wildman–Crippen MR) is 35.9 cm³/mol. The minimum atomic E-state index is -0.428. The van der Waals surface area contributed by atoms with Gasteiger partial charge in [0.05, 0.1) is 0 Å². The molecule has 0 saturated carbocycles. The molecule has 1 fully saturated rings. The van der Waals surface area contributed by atoms with Crippen LogP contribution in [0.4, 0.5) is 0 Å². The Morgan fingerprint density at radius 1 is 1.60 bits per heavy atom. The summed E-state index contributed by atoms with van der Waals surface area (Å²) in [5.74, 6) is 4.82. The monoisotopic (exact) mass is 144 g/mol. The Morgan fingerprint density at radius 3 is 3.10 bits per heavy atom. The highest BCUT2D eigenvalue weighted by Gasteiger charge is 2.19. The molecule has 4 heteroatoms. The highest BCUT2D eigenvalue weighted by atomic mass is 16.6. The van der Waals surface area contributed by atoms with E-state index in [-0.39, 0.29) is 5.91 Å². The smallest absolute Gasteiger partial charge is 0.251 e. The lowest BCUT2D eigenvalue weighted by molar-refractivity contribution is -0.132. The third-order valence-electron chi connectivity index (χ3n) is 1.65. The van der Waals surface area contributed by atoms with Crippen molar-refractivity contribution in [3.05, 3.63) is 0 Å². The Morgan fingerprint density at radius 2 is 2.40 bits per heavy atom. The number of hydrogen-bond acceptors (Lipinski definition) is 3. The zero-order chi connectivity index (χ0) is 7.40. The van der Waals surface area contributed by atoms with Crippen molar-refractivity contribution in [2.24, 2.45) is 5.90 Å². The van der Waals surface area contributed by atoms with E-state index in [9.17, 15) is 4.79 Å². The number of nitrogens with two attached hydrogens (primary N) is 1. The Kier molecular flexibility index (Phi) is 2.65. The maximum absolute atomic E-state index is 10.9. The molecule has 0 aromatic rings. The minimum Gasteiger partial charge on any atom is -0.354 e. The van der Waals surface area contributed by atoms with E-state index in [1.54, 1.807) is 0 Å². The van der Waals surface area contributed by atoms with Crippen LogP contribution in [-0.4, -0.2) is 18.6 Å². The first-order valence-corrected chi connectivity index (χ1v) is 3.48. The van der Waals surface area contributed by atoms with Gasteiger partial charge in [0.25, 0.3) is 5.91 Å². The van der Waals surface area contributed by atoms with E-state index < -0.39 is 6.10 Å². The SMILES string of the molecule is NOC1CCCCNC1=O. The first-order chi connectivity index (χ1) is 4.84. The van der Waals surface area contributed by atoms with Gasteiger partial charge in [0.1, 0.15) is 0 Å². The van der Waals surface area contributed by atoms with Crippen LogP contribution in [0.2, 0.25) is 0 Å². The zero-order valence-corrected chi connectivity index (χ0v) is 5.80. The van der Waals surface area contributed by atoms with Gasteiger partial charge in [0.2, 0.25) is 0 Å². The molecule has 1 heterocycles. The van der Waals surface area contributed by atoms with Gasteiger partial charge >= 0.3 is 0 Å². The molecule has 1 amide bonds. The molecule has 1 aliphatic heterocycles. The average molecular weight is 144 g/mol. The zero-order valence-electron chi connectivity index (χ0n) is 5.80. The molecular formula is C6H12N2O2. The maximum Gasteiger partial charge on any atom is 0.251 e. The van der Waals surface area contributed by atoms with Gasteiger partial charge in [-0.2, -0.15) is 0 Å². The van der Waals surface area contributed by atoms with Crippen LogP contribution in [0.1, 0.15) is 19.3 Å². The van der Waals surface area contributed by atoms with Crippen molar-refractivity contribution < 1.29 is 9.63 Å². The van der Waals surface area contributed by atoms with E-state index in [2.05, 4.69) is 10.2 Å². The van der Waals surface area contributed by atoms with Crippen molar-refractivity contribution in [2.45, 2.75) is 25.4 Å². The quantitative estimate of drug-likeness (QED) is 0.490. The van der Waals surface area contributed by atoms with Gasteiger partial charge in [-0.1, -0.05) is 0 Å². The number of rotatable bonds is 1. The summed E-state index contributed by atoms with van der Waals surface area (Å²) in [5, 5.41) is 2.70. The second-order valence-corrected chi connectivity index (χ2v) is 2.41.